The molecule has 1 aromatic carbocycles. The molecule has 0 saturated carbocycles. The molecular weight excluding hydrogens is 246 g/mol. The number of benzene rings is 1. The van der Waals surface area contributed by atoms with E-state index in [4.69, 9.17) is 11.6 Å². The van der Waals surface area contributed by atoms with Gasteiger partial charge >= 0.3 is 0 Å². The van der Waals surface area contributed by atoms with Crippen LogP contribution in [0.3, 0.4) is 0 Å². The SMILES string of the molecule is CC(C)(C)NCc1ccc(-n2cccn2)cc1Cl. The van der Waals surface area contributed by atoms with E-state index in [-0.39, 0.29) is 5.54 Å². The zero-order chi connectivity index (χ0) is 13.2. The molecule has 1 aromatic heterocycles. The minimum Gasteiger partial charge on any atom is -0.308 e. The summed E-state index contributed by atoms with van der Waals surface area (Å²) < 4.78 is 1.80. The van der Waals surface area contributed by atoms with Crippen LogP contribution in [0, 0.1) is 0 Å². The van der Waals surface area contributed by atoms with Crippen molar-refractivity contribution >= 4 is 11.6 Å². The van der Waals surface area contributed by atoms with Crippen molar-refractivity contribution < 1.29 is 0 Å². The molecule has 18 heavy (non-hydrogen) atoms. The zero-order valence-corrected chi connectivity index (χ0v) is 11.7. The molecule has 3 nitrogen and oxygen atoms in total. The number of nitrogens with one attached hydrogen (secondary N) is 1. The standard InChI is InChI=1S/C14H18ClN3/c1-14(2,3)16-10-11-5-6-12(9-13(11)15)18-8-4-7-17-18/h4-9,16H,10H2,1-3H3. The quantitative estimate of drug-likeness (QED) is 0.920. The molecular formula is C14H18ClN3. The van der Waals surface area contributed by atoms with Crippen LogP contribution < -0.4 is 5.32 Å². The third kappa shape index (κ3) is 3.34. The highest BCUT2D eigenvalue weighted by Gasteiger charge is 2.10. The summed E-state index contributed by atoms with van der Waals surface area (Å²) >= 11 is 6.29. The van der Waals surface area contributed by atoms with E-state index in [1.807, 2.05) is 30.5 Å². The summed E-state index contributed by atoms with van der Waals surface area (Å²) in [5.74, 6) is 0. The van der Waals surface area contributed by atoms with Gasteiger partial charge in [0.25, 0.3) is 0 Å². The Bertz CT molecular complexity index is 512. The van der Waals surface area contributed by atoms with Crippen LogP contribution in [0.1, 0.15) is 26.3 Å². The maximum Gasteiger partial charge on any atom is 0.0660 e. The third-order valence-electron chi connectivity index (χ3n) is 2.61. The van der Waals surface area contributed by atoms with Crippen LogP contribution in [0.2, 0.25) is 5.02 Å². The highest BCUT2D eigenvalue weighted by atomic mass is 35.5. The van der Waals surface area contributed by atoms with Crippen LogP contribution in [0.25, 0.3) is 5.69 Å². The Labute approximate surface area is 113 Å². The Morgan fingerprint density at radius 3 is 2.67 bits per heavy atom. The summed E-state index contributed by atoms with van der Waals surface area (Å²) in [4.78, 5) is 0. The van der Waals surface area contributed by atoms with Gasteiger partial charge in [0.05, 0.1) is 5.69 Å². The summed E-state index contributed by atoms with van der Waals surface area (Å²) in [6.07, 6.45) is 3.65. The summed E-state index contributed by atoms with van der Waals surface area (Å²) in [7, 11) is 0. The molecule has 0 amide bonds. The molecule has 0 radical (unpaired) electrons. The van der Waals surface area contributed by atoms with Gasteiger partial charge in [-0.2, -0.15) is 5.10 Å². The van der Waals surface area contributed by atoms with Gasteiger partial charge in [-0.25, -0.2) is 4.68 Å². The largest absolute Gasteiger partial charge is 0.308 e. The summed E-state index contributed by atoms with van der Waals surface area (Å²) in [6.45, 7) is 7.18. The van der Waals surface area contributed by atoms with Crippen molar-refractivity contribution in [1.29, 1.82) is 0 Å². The van der Waals surface area contributed by atoms with Crippen LogP contribution in [-0.2, 0) is 6.54 Å². The number of halogens is 1. The zero-order valence-electron chi connectivity index (χ0n) is 10.9. The molecule has 0 aliphatic heterocycles. The van der Waals surface area contributed by atoms with Gasteiger partial charge in [0.1, 0.15) is 0 Å². The van der Waals surface area contributed by atoms with E-state index in [1.54, 1.807) is 10.9 Å². The smallest absolute Gasteiger partial charge is 0.0660 e. The first-order valence-electron chi connectivity index (χ1n) is 5.99. The molecule has 0 spiro atoms. The number of rotatable bonds is 3. The molecule has 1 N–H and O–H groups in total. The second-order valence-electron chi connectivity index (χ2n) is 5.33. The Balaban J connectivity index is 2.16. The molecule has 0 bridgehead atoms. The normalized spacial score (nSPS) is 11.8. The van der Waals surface area contributed by atoms with E-state index in [1.165, 1.54) is 0 Å². The highest BCUT2D eigenvalue weighted by molar-refractivity contribution is 6.31. The minimum absolute atomic E-state index is 0.0873. The third-order valence-corrected chi connectivity index (χ3v) is 2.97. The molecule has 96 valence electrons. The number of aromatic nitrogens is 2. The van der Waals surface area contributed by atoms with Crippen molar-refractivity contribution in [2.24, 2.45) is 0 Å². The van der Waals surface area contributed by atoms with Gasteiger partial charge in [0, 0.05) is 29.5 Å². The second-order valence-corrected chi connectivity index (χ2v) is 5.74. The molecule has 2 rings (SSSR count). The van der Waals surface area contributed by atoms with Crippen molar-refractivity contribution in [2.75, 3.05) is 0 Å². The lowest BCUT2D eigenvalue weighted by Crippen LogP contribution is -2.35. The second kappa shape index (κ2) is 5.12. The molecule has 0 aliphatic carbocycles. The van der Waals surface area contributed by atoms with E-state index >= 15 is 0 Å². The average Bonchev–Trinajstić information content (AvgIpc) is 2.79. The van der Waals surface area contributed by atoms with E-state index in [0.717, 1.165) is 22.8 Å². The first-order chi connectivity index (χ1) is 8.46. The first kappa shape index (κ1) is 13.1. The van der Waals surface area contributed by atoms with Gasteiger partial charge in [-0.05, 0) is 44.5 Å². The molecule has 0 atom stereocenters. The van der Waals surface area contributed by atoms with Gasteiger partial charge in [0.15, 0.2) is 0 Å². The van der Waals surface area contributed by atoms with Crippen LogP contribution in [0.5, 0.6) is 0 Å². The van der Waals surface area contributed by atoms with Gasteiger partial charge in [-0.15, -0.1) is 0 Å². The van der Waals surface area contributed by atoms with Crippen molar-refractivity contribution in [3.05, 3.63) is 47.2 Å². The van der Waals surface area contributed by atoms with Crippen molar-refractivity contribution in [3.63, 3.8) is 0 Å². The predicted molar refractivity (Wildman–Crippen MR) is 75.2 cm³/mol. The van der Waals surface area contributed by atoms with Gasteiger partial charge in [-0.3, -0.25) is 0 Å². The van der Waals surface area contributed by atoms with Crippen molar-refractivity contribution in [3.8, 4) is 5.69 Å². The number of hydrogen-bond acceptors (Lipinski definition) is 2. The Morgan fingerprint density at radius 2 is 2.11 bits per heavy atom. The molecule has 4 heteroatoms. The van der Waals surface area contributed by atoms with E-state index in [2.05, 4.69) is 31.2 Å². The first-order valence-corrected chi connectivity index (χ1v) is 6.37. The molecule has 0 saturated heterocycles. The molecule has 0 fully saturated rings. The molecule has 2 aromatic rings. The molecule has 0 aliphatic rings. The Morgan fingerprint density at radius 1 is 1.33 bits per heavy atom. The van der Waals surface area contributed by atoms with Crippen LogP contribution >= 0.6 is 11.6 Å². The Kier molecular flexibility index (Phi) is 3.73. The fourth-order valence-electron chi connectivity index (χ4n) is 1.60. The van der Waals surface area contributed by atoms with Crippen LogP contribution in [0.15, 0.2) is 36.7 Å². The summed E-state index contributed by atoms with van der Waals surface area (Å²) in [5, 5.41) is 8.37. The lowest BCUT2D eigenvalue weighted by molar-refractivity contribution is 0.424. The highest BCUT2D eigenvalue weighted by Crippen LogP contribution is 2.20. The number of hydrogen-bond donors (Lipinski definition) is 1. The fourth-order valence-corrected chi connectivity index (χ4v) is 1.85. The van der Waals surface area contributed by atoms with Gasteiger partial charge < -0.3 is 5.32 Å². The average molecular weight is 264 g/mol. The Hall–Kier alpha value is -1.32. The predicted octanol–water partition coefficient (Wildman–Crippen LogP) is 3.41. The fraction of sp³-hybridized carbons (Fsp3) is 0.357. The van der Waals surface area contributed by atoms with Gasteiger partial charge in [-0.1, -0.05) is 17.7 Å². The maximum absolute atomic E-state index is 6.29. The van der Waals surface area contributed by atoms with Gasteiger partial charge in [0.2, 0.25) is 0 Å². The number of nitrogens with zero attached hydrogens (tertiary/aromatic N) is 2. The summed E-state index contributed by atoms with van der Waals surface area (Å²) in [6, 6.07) is 7.90. The van der Waals surface area contributed by atoms with E-state index < -0.39 is 0 Å². The molecule has 1 heterocycles. The monoisotopic (exact) mass is 263 g/mol. The van der Waals surface area contributed by atoms with Crippen molar-refractivity contribution in [1.82, 2.24) is 15.1 Å². The molecule has 0 unspecified atom stereocenters. The van der Waals surface area contributed by atoms with E-state index in [0.29, 0.717) is 0 Å². The maximum atomic E-state index is 6.29. The van der Waals surface area contributed by atoms with Crippen LogP contribution in [0.4, 0.5) is 0 Å². The topological polar surface area (TPSA) is 29.9 Å². The minimum atomic E-state index is 0.0873. The van der Waals surface area contributed by atoms with Crippen LogP contribution in [-0.4, -0.2) is 15.3 Å². The lowest BCUT2D eigenvalue weighted by Gasteiger charge is -2.21. The van der Waals surface area contributed by atoms with Crippen molar-refractivity contribution in [2.45, 2.75) is 32.9 Å². The van der Waals surface area contributed by atoms with E-state index in [9.17, 15) is 0 Å². The summed E-state index contributed by atoms with van der Waals surface area (Å²) in [5.41, 5.74) is 2.16. The lowest BCUT2D eigenvalue weighted by atomic mass is 10.1.